The molecule has 1 aromatic heterocycles. The molecule has 14 heavy (non-hydrogen) atoms. The predicted octanol–water partition coefficient (Wildman–Crippen LogP) is 0.795. The van der Waals surface area contributed by atoms with E-state index in [9.17, 15) is 9.90 Å². The van der Waals surface area contributed by atoms with Crippen LogP contribution in [0.15, 0.2) is 16.7 Å². The van der Waals surface area contributed by atoms with Crippen molar-refractivity contribution in [3.05, 3.63) is 23.7 Å². The van der Waals surface area contributed by atoms with Crippen molar-refractivity contribution in [1.29, 1.82) is 0 Å². The molecule has 4 heteroatoms. The Morgan fingerprint density at radius 3 is 3.00 bits per heavy atom. The molecule has 1 aromatic rings. The van der Waals surface area contributed by atoms with Gasteiger partial charge in [0.25, 0.3) is 5.91 Å². The fourth-order valence-corrected chi connectivity index (χ4v) is 1.66. The number of furan rings is 1. The second-order valence-electron chi connectivity index (χ2n) is 3.64. The molecule has 0 spiro atoms. The molecule has 0 bridgehead atoms. The van der Waals surface area contributed by atoms with Gasteiger partial charge < -0.3 is 14.4 Å². The molecule has 1 fully saturated rings. The molecule has 0 radical (unpaired) electrons. The first-order valence-electron chi connectivity index (χ1n) is 4.69. The van der Waals surface area contributed by atoms with E-state index in [0.29, 0.717) is 25.1 Å². The van der Waals surface area contributed by atoms with Gasteiger partial charge in [-0.1, -0.05) is 0 Å². The minimum atomic E-state index is -0.369. The van der Waals surface area contributed by atoms with Crippen LogP contribution in [0.4, 0.5) is 0 Å². The third kappa shape index (κ3) is 1.65. The highest BCUT2D eigenvalue weighted by atomic mass is 16.3. The third-order valence-electron chi connectivity index (χ3n) is 2.43. The van der Waals surface area contributed by atoms with Crippen molar-refractivity contribution in [2.75, 3.05) is 13.1 Å². The molecule has 0 saturated carbocycles. The molecule has 1 atom stereocenters. The van der Waals surface area contributed by atoms with E-state index >= 15 is 0 Å². The van der Waals surface area contributed by atoms with Gasteiger partial charge in [-0.25, -0.2) is 0 Å². The number of carbonyl (C=O) groups excluding carboxylic acids is 1. The molecule has 2 heterocycles. The van der Waals surface area contributed by atoms with E-state index in [1.807, 2.05) is 0 Å². The molecular weight excluding hydrogens is 182 g/mol. The maximum atomic E-state index is 11.8. The van der Waals surface area contributed by atoms with Crippen LogP contribution in [0, 0.1) is 6.92 Å². The fourth-order valence-electron chi connectivity index (χ4n) is 1.66. The first kappa shape index (κ1) is 9.27. The number of aliphatic hydroxyl groups excluding tert-OH is 1. The number of aliphatic hydroxyl groups is 1. The molecule has 4 nitrogen and oxygen atoms in total. The molecule has 1 saturated heterocycles. The fraction of sp³-hybridized carbons (Fsp3) is 0.500. The predicted molar refractivity (Wildman–Crippen MR) is 50.0 cm³/mol. The first-order valence-corrected chi connectivity index (χ1v) is 4.69. The maximum absolute atomic E-state index is 11.8. The van der Waals surface area contributed by atoms with E-state index < -0.39 is 0 Å². The topological polar surface area (TPSA) is 53.7 Å². The Bertz CT molecular complexity index is 345. The zero-order valence-corrected chi connectivity index (χ0v) is 8.06. The molecule has 76 valence electrons. The third-order valence-corrected chi connectivity index (χ3v) is 2.43. The lowest BCUT2D eigenvalue weighted by atomic mass is 10.3. The Balaban J connectivity index is 2.09. The van der Waals surface area contributed by atoms with Crippen molar-refractivity contribution < 1.29 is 14.3 Å². The van der Waals surface area contributed by atoms with Gasteiger partial charge >= 0.3 is 0 Å². The lowest BCUT2D eigenvalue weighted by molar-refractivity contribution is 0.0764. The highest BCUT2D eigenvalue weighted by Gasteiger charge is 2.25. The Hall–Kier alpha value is -1.29. The molecule has 2 rings (SSSR count). The Labute approximate surface area is 82.1 Å². The lowest BCUT2D eigenvalue weighted by Gasteiger charge is -2.13. The summed E-state index contributed by atoms with van der Waals surface area (Å²) in [6.45, 7) is 2.86. The van der Waals surface area contributed by atoms with E-state index in [1.165, 1.54) is 6.26 Å². The van der Waals surface area contributed by atoms with Crippen LogP contribution in [-0.4, -0.2) is 35.1 Å². The number of aryl methyl sites for hydroxylation is 1. The van der Waals surface area contributed by atoms with Crippen LogP contribution in [0.2, 0.25) is 0 Å². The summed E-state index contributed by atoms with van der Waals surface area (Å²) in [6.07, 6.45) is 1.76. The maximum Gasteiger partial charge on any atom is 0.257 e. The number of amides is 1. The van der Waals surface area contributed by atoms with Crippen molar-refractivity contribution in [2.24, 2.45) is 0 Å². The van der Waals surface area contributed by atoms with Crippen LogP contribution in [0.1, 0.15) is 22.5 Å². The van der Waals surface area contributed by atoms with Gasteiger partial charge in [0.15, 0.2) is 0 Å². The molecule has 0 aliphatic carbocycles. The molecule has 0 unspecified atom stereocenters. The van der Waals surface area contributed by atoms with Gasteiger partial charge in [-0.05, 0) is 19.4 Å². The summed E-state index contributed by atoms with van der Waals surface area (Å²) in [5.74, 6) is 0.673. The minimum absolute atomic E-state index is 0.0570. The Morgan fingerprint density at radius 2 is 2.50 bits per heavy atom. The minimum Gasteiger partial charge on any atom is -0.469 e. The second-order valence-corrected chi connectivity index (χ2v) is 3.64. The van der Waals surface area contributed by atoms with Gasteiger partial charge in [0.05, 0.1) is 11.7 Å². The quantitative estimate of drug-likeness (QED) is 0.721. The zero-order valence-electron chi connectivity index (χ0n) is 8.06. The van der Waals surface area contributed by atoms with Crippen LogP contribution in [0.3, 0.4) is 0 Å². The normalized spacial score (nSPS) is 21.6. The van der Waals surface area contributed by atoms with E-state index in [0.717, 1.165) is 5.76 Å². The van der Waals surface area contributed by atoms with Crippen molar-refractivity contribution in [3.8, 4) is 0 Å². The number of hydrogen-bond donors (Lipinski definition) is 1. The van der Waals surface area contributed by atoms with Gasteiger partial charge in [0, 0.05) is 13.1 Å². The highest BCUT2D eigenvalue weighted by molar-refractivity contribution is 5.94. The van der Waals surface area contributed by atoms with Gasteiger partial charge in [-0.15, -0.1) is 0 Å². The van der Waals surface area contributed by atoms with Gasteiger partial charge in [-0.3, -0.25) is 4.79 Å². The smallest absolute Gasteiger partial charge is 0.257 e. The summed E-state index contributed by atoms with van der Waals surface area (Å²) in [5.41, 5.74) is 0.566. The molecule has 0 aromatic carbocycles. The summed E-state index contributed by atoms with van der Waals surface area (Å²) in [7, 11) is 0. The summed E-state index contributed by atoms with van der Waals surface area (Å²) in [6, 6.07) is 1.72. The lowest BCUT2D eigenvalue weighted by Crippen LogP contribution is -2.29. The summed E-state index contributed by atoms with van der Waals surface area (Å²) in [5, 5.41) is 9.28. The van der Waals surface area contributed by atoms with Crippen molar-refractivity contribution in [1.82, 2.24) is 4.90 Å². The largest absolute Gasteiger partial charge is 0.469 e. The van der Waals surface area contributed by atoms with Gasteiger partial charge in [-0.2, -0.15) is 0 Å². The van der Waals surface area contributed by atoms with E-state index in [1.54, 1.807) is 17.9 Å². The Morgan fingerprint density at radius 1 is 1.71 bits per heavy atom. The number of nitrogens with zero attached hydrogens (tertiary/aromatic N) is 1. The highest BCUT2D eigenvalue weighted by Crippen LogP contribution is 2.15. The summed E-state index contributed by atoms with van der Waals surface area (Å²) >= 11 is 0. The van der Waals surface area contributed by atoms with Gasteiger partial charge in [0.2, 0.25) is 0 Å². The standard InChI is InChI=1S/C10H13NO3/c1-7-4-8(6-14-7)10(13)11-3-2-9(12)5-11/h4,6,9,12H,2-3,5H2,1H3/t9-/m1/s1. The van der Waals surface area contributed by atoms with Crippen LogP contribution >= 0.6 is 0 Å². The van der Waals surface area contributed by atoms with Crippen molar-refractivity contribution in [2.45, 2.75) is 19.4 Å². The average Bonchev–Trinajstić information content (AvgIpc) is 2.73. The number of hydrogen-bond acceptors (Lipinski definition) is 3. The van der Waals surface area contributed by atoms with Crippen LogP contribution in [-0.2, 0) is 0 Å². The van der Waals surface area contributed by atoms with Gasteiger partial charge in [0.1, 0.15) is 12.0 Å². The van der Waals surface area contributed by atoms with Crippen molar-refractivity contribution >= 4 is 5.91 Å². The number of β-amino-alcohol motifs (C(OH)–C–C–N with tert-alkyl or cyclic N) is 1. The van der Waals surface area contributed by atoms with Crippen LogP contribution < -0.4 is 0 Å². The SMILES string of the molecule is Cc1cc(C(=O)N2CC[C@@H](O)C2)co1. The van der Waals surface area contributed by atoms with E-state index in [2.05, 4.69) is 0 Å². The molecular formula is C10H13NO3. The van der Waals surface area contributed by atoms with Crippen LogP contribution in [0.5, 0.6) is 0 Å². The van der Waals surface area contributed by atoms with E-state index in [-0.39, 0.29) is 12.0 Å². The number of rotatable bonds is 1. The second kappa shape index (κ2) is 3.46. The summed E-state index contributed by atoms with van der Waals surface area (Å²) in [4.78, 5) is 13.4. The summed E-state index contributed by atoms with van der Waals surface area (Å²) < 4.78 is 5.06. The van der Waals surface area contributed by atoms with Crippen LogP contribution in [0.25, 0.3) is 0 Å². The zero-order chi connectivity index (χ0) is 10.1. The number of likely N-dealkylation sites (tertiary alicyclic amines) is 1. The first-order chi connectivity index (χ1) is 6.66. The molecule has 1 amide bonds. The Kier molecular flexibility index (Phi) is 2.29. The molecule has 1 aliphatic rings. The van der Waals surface area contributed by atoms with E-state index in [4.69, 9.17) is 4.42 Å². The van der Waals surface area contributed by atoms with Crippen molar-refractivity contribution in [3.63, 3.8) is 0 Å². The molecule has 1 N–H and O–H groups in total. The number of carbonyl (C=O) groups is 1. The molecule has 1 aliphatic heterocycles. The monoisotopic (exact) mass is 195 g/mol. The average molecular weight is 195 g/mol.